The molecule has 0 fully saturated rings. The predicted molar refractivity (Wildman–Crippen MR) is 109 cm³/mol. The summed E-state index contributed by atoms with van der Waals surface area (Å²) in [6.45, 7) is 1.94. The van der Waals surface area contributed by atoms with E-state index in [4.69, 9.17) is 9.47 Å². The van der Waals surface area contributed by atoms with Crippen LogP contribution in [0, 0.1) is 17.0 Å². The van der Waals surface area contributed by atoms with Crippen LogP contribution in [0.4, 0.5) is 5.69 Å². The van der Waals surface area contributed by atoms with Gasteiger partial charge in [0.15, 0.2) is 5.76 Å². The van der Waals surface area contributed by atoms with Crippen molar-refractivity contribution < 1.29 is 24.0 Å². The molecule has 0 N–H and O–H groups in total. The zero-order chi connectivity index (χ0) is 21.3. The molecule has 4 rings (SSSR count). The zero-order valence-electron chi connectivity index (χ0n) is 15.8. The van der Waals surface area contributed by atoms with E-state index in [2.05, 4.69) is 0 Å². The Kier molecular flexibility index (Phi) is 4.85. The number of carbonyl (C=O) groups excluding carboxylic acids is 2. The lowest BCUT2D eigenvalue weighted by Crippen LogP contribution is -2.08. The molecule has 7 nitrogen and oxygen atoms in total. The Hall–Kier alpha value is -4.26. The van der Waals surface area contributed by atoms with Crippen molar-refractivity contribution in [3.05, 3.63) is 105 Å². The largest absolute Gasteiger partial charge is 0.452 e. The molecule has 0 spiro atoms. The fourth-order valence-electron chi connectivity index (χ4n) is 3.01. The van der Waals surface area contributed by atoms with E-state index < -0.39 is 10.9 Å². The van der Waals surface area contributed by atoms with E-state index in [1.165, 1.54) is 42.5 Å². The topological polar surface area (TPSA) is 95.7 Å². The van der Waals surface area contributed by atoms with Crippen molar-refractivity contribution in [3.8, 4) is 11.5 Å². The number of aryl methyl sites for hydroxylation is 1. The number of nitro benzene ring substituents is 1. The normalized spacial score (nSPS) is 13.6. The van der Waals surface area contributed by atoms with Crippen LogP contribution in [0.2, 0.25) is 0 Å². The number of nitrogens with zero attached hydrogens (tertiary/aromatic N) is 1. The Morgan fingerprint density at radius 1 is 1.07 bits per heavy atom. The molecule has 1 aliphatic rings. The highest BCUT2D eigenvalue weighted by Gasteiger charge is 2.28. The van der Waals surface area contributed by atoms with Crippen LogP contribution in [0.5, 0.6) is 11.5 Å². The molecule has 148 valence electrons. The summed E-state index contributed by atoms with van der Waals surface area (Å²) in [5.74, 6) is -0.236. The molecule has 0 saturated heterocycles. The molecule has 0 radical (unpaired) electrons. The first-order chi connectivity index (χ1) is 14.4. The van der Waals surface area contributed by atoms with Gasteiger partial charge in [0.25, 0.3) is 5.69 Å². The lowest BCUT2D eigenvalue weighted by Gasteiger charge is -2.05. The van der Waals surface area contributed by atoms with E-state index in [1.807, 2.05) is 31.2 Å². The fourth-order valence-corrected chi connectivity index (χ4v) is 3.01. The summed E-state index contributed by atoms with van der Waals surface area (Å²) in [5.41, 5.74) is 2.31. The third-order valence-corrected chi connectivity index (χ3v) is 4.64. The van der Waals surface area contributed by atoms with E-state index in [0.717, 1.165) is 11.1 Å². The van der Waals surface area contributed by atoms with Gasteiger partial charge in [-0.3, -0.25) is 14.9 Å². The highest BCUT2D eigenvalue weighted by Crippen LogP contribution is 2.35. The summed E-state index contributed by atoms with van der Waals surface area (Å²) in [7, 11) is 0. The number of carbonyl (C=O) groups is 2. The van der Waals surface area contributed by atoms with Gasteiger partial charge in [-0.15, -0.1) is 0 Å². The summed E-state index contributed by atoms with van der Waals surface area (Å²) >= 11 is 0. The van der Waals surface area contributed by atoms with Gasteiger partial charge in [-0.2, -0.15) is 0 Å². The number of hydrogen-bond acceptors (Lipinski definition) is 6. The van der Waals surface area contributed by atoms with Gasteiger partial charge in [0.1, 0.15) is 11.5 Å². The molecule has 0 unspecified atom stereocenters. The number of allylic oxidation sites excluding steroid dienone is 1. The molecule has 0 saturated carbocycles. The van der Waals surface area contributed by atoms with Gasteiger partial charge in [-0.25, -0.2) is 4.79 Å². The molecule has 3 aromatic carbocycles. The Morgan fingerprint density at radius 3 is 2.50 bits per heavy atom. The Morgan fingerprint density at radius 2 is 1.80 bits per heavy atom. The van der Waals surface area contributed by atoms with Crippen LogP contribution in [0.1, 0.15) is 31.8 Å². The maximum Gasteiger partial charge on any atom is 0.343 e. The summed E-state index contributed by atoms with van der Waals surface area (Å²) in [4.78, 5) is 35.1. The molecule has 30 heavy (non-hydrogen) atoms. The van der Waals surface area contributed by atoms with Crippen LogP contribution in [-0.2, 0) is 0 Å². The summed E-state index contributed by atoms with van der Waals surface area (Å²) < 4.78 is 11.0. The second-order valence-electron chi connectivity index (χ2n) is 6.65. The van der Waals surface area contributed by atoms with Gasteiger partial charge in [0, 0.05) is 18.2 Å². The number of fused-ring (bicyclic) bond motifs is 1. The van der Waals surface area contributed by atoms with Gasteiger partial charge in [0.2, 0.25) is 5.78 Å². The molecule has 0 aliphatic carbocycles. The molecule has 7 heteroatoms. The van der Waals surface area contributed by atoms with Crippen molar-refractivity contribution in [2.24, 2.45) is 0 Å². The molecular formula is C23H15NO6. The van der Waals surface area contributed by atoms with Crippen LogP contribution in [0.15, 0.2) is 72.5 Å². The van der Waals surface area contributed by atoms with Gasteiger partial charge < -0.3 is 9.47 Å². The molecule has 0 bridgehead atoms. The zero-order valence-corrected chi connectivity index (χ0v) is 15.8. The van der Waals surface area contributed by atoms with Crippen LogP contribution in [0.3, 0.4) is 0 Å². The van der Waals surface area contributed by atoms with E-state index in [9.17, 15) is 19.7 Å². The highest BCUT2D eigenvalue weighted by atomic mass is 16.6. The first-order valence-electron chi connectivity index (χ1n) is 9.03. The van der Waals surface area contributed by atoms with Crippen molar-refractivity contribution in [2.45, 2.75) is 6.92 Å². The van der Waals surface area contributed by atoms with Crippen molar-refractivity contribution in [2.75, 3.05) is 0 Å². The Balaban J connectivity index is 1.53. The Labute approximate surface area is 171 Å². The average molecular weight is 401 g/mol. The third-order valence-electron chi connectivity index (χ3n) is 4.64. The number of hydrogen-bond donors (Lipinski definition) is 0. The molecular weight excluding hydrogens is 386 g/mol. The van der Waals surface area contributed by atoms with Crippen LogP contribution in [-0.4, -0.2) is 16.7 Å². The lowest BCUT2D eigenvalue weighted by molar-refractivity contribution is -0.384. The second kappa shape index (κ2) is 7.63. The fraction of sp³-hybridized carbons (Fsp3) is 0.0435. The van der Waals surface area contributed by atoms with Gasteiger partial charge in [-0.05, 0) is 48.4 Å². The van der Waals surface area contributed by atoms with Gasteiger partial charge in [-0.1, -0.05) is 24.3 Å². The predicted octanol–water partition coefficient (Wildman–Crippen LogP) is 4.74. The minimum Gasteiger partial charge on any atom is -0.452 e. The average Bonchev–Trinajstić information content (AvgIpc) is 3.04. The minimum absolute atomic E-state index is 0.121. The summed E-state index contributed by atoms with van der Waals surface area (Å²) in [6, 6.07) is 17.2. The maximum atomic E-state index is 12.6. The monoisotopic (exact) mass is 401 g/mol. The van der Waals surface area contributed by atoms with E-state index >= 15 is 0 Å². The molecule has 0 atom stereocenters. The SMILES string of the molecule is Cc1ccccc1/C=C1\Oc2cc(OC(=O)c3ccc([N+](=O)[O-])cc3)ccc2C1=O. The Bertz CT molecular complexity index is 1210. The summed E-state index contributed by atoms with van der Waals surface area (Å²) in [5, 5.41) is 10.7. The van der Waals surface area contributed by atoms with Crippen LogP contribution < -0.4 is 9.47 Å². The van der Waals surface area contributed by atoms with Crippen molar-refractivity contribution >= 4 is 23.5 Å². The van der Waals surface area contributed by atoms with E-state index in [-0.39, 0.29) is 28.5 Å². The smallest absolute Gasteiger partial charge is 0.343 e. The quantitative estimate of drug-likeness (QED) is 0.206. The number of rotatable bonds is 4. The number of nitro groups is 1. The number of ketones is 1. The molecule has 3 aromatic rings. The third kappa shape index (κ3) is 3.68. The first-order valence-corrected chi connectivity index (χ1v) is 9.03. The van der Waals surface area contributed by atoms with E-state index in [1.54, 1.807) is 6.08 Å². The number of non-ortho nitro benzene ring substituents is 1. The van der Waals surface area contributed by atoms with Crippen molar-refractivity contribution in [1.29, 1.82) is 0 Å². The first kappa shape index (κ1) is 19.1. The van der Waals surface area contributed by atoms with Crippen molar-refractivity contribution in [3.63, 3.8) is 0 Å². The number of Topliss-reactive ketones (excluding diaryl/α,β-unsaturated/α-hetero) is 1. The standard InChI is InChI=1S/C23H15NO6/c1-14-4-2-3-5-16(14)12-21-22(25)19-11-10-18(13-20(19)30-21)29-23(26)15-6-8-17(9-7-15)24(27)28/h2-13H,1H3/b21-12-. The van der Waals surface area contributed by atoms with E-state index in [0.29, 0.717) is 11.3 Å². The number of ether oxygens (including phenoxy) is 2. The summed E-state index contributed by atoms with van der Waals surface area (Å²) in [6.07, 6.45) is 1.68. The van der Waals surface area contributed by atoms with Crippen LogP contribution >= 0.6 is 0 Å². The number of benzene rings is 3. The number of esters is 1. The van der Waals surface area contributed by atoms with Gasteiger partial charge >= 0.3 is 5.97 Å². The minimum atomic E-state index is -0.676. The molecule has 0 aromatic heterocycles. The van der Waals surface area contributed by atoms with Crippen LogP contribution in [0.25, 0.3) is 6.08 Å². The van der Waals surface area contributed by atoms with Gasteiger partial charge in [0.05, 0.1) is 16.1 Å². The van der Waals surface area contributed by atoms with Crippen molar-refractivity contribution in [1.82, 2.24) is 0 Å². The maximum absolute atomic E-state index is 12.6. The molecule has 1 heterocycles. The molecule has 1 aliphatic heterocycles. The highest BCUT2D eigenvalue weighted by molar-refractivity contribution is 6.14. The second-order valence-corrected chi connectivity index (χ2v) is 6.65. The molecule has 0 amide bonds. The lowest BCUT2D eigenvalue weighted by atomic mass is 10.1.